The summed E-state index contributed by atoms with van der Waals surface area (Å²) in [4.78, 5) is 5.02. The number of allylic oxidation sites excluding steroid dienone is 2. The molecule has 2 heteroatoms. The molecule has 0 unspecified atom stereocenters. The van der Waals surface area contributed by atoms with Crippen LogP contribution < -0.4 is 9.80 Å². The molecule has 0 radical (unpaired) electrons. The zero-order valence-electron chi connectivity index (χ0n) is 49.5. The zero-order valence-corrected chi connectivity index (χ0v) is 49.5. The van der Waals surface area contributed by atoms with Crippen molar-refractivity contribution in [2.24, 2.45) is 0 Å². The first kappa shape index (κ1) is 54.2. The fraction of sp³-hybridized carbons (Fsp3) is 0.143. The molecule has 12 aromatic rings. The Morgan fingerprint density at radius 3 is 0.744 bits per heavy atom. The quantitative estimate of drug-likeness (QED) is 0.0839. The van der Waals surface area contributed by atoms with Crippen LogP contribution in [0.25, 0.3) is 90.7 Å². The summed E-state index contributed by atoms with van der Waals surface area (Å²) in [6.07, 6.45) is 26.3. The number of benzene rings is 12. The molecular weight excluding hydrogens is 1040 g/mol. The number of fused-ring (bicyclic) bond motifs is 4. The Morgan fingerprint density at radius 2 is 0.477 bits per heavy atom. The summed E-state index contributed by atoms with van der Waals surface area (Å²) in [6, 6.07) is 91.0. The molecule has 0 heterocycles. The molecule has 0 atom stereocenters. The maximum absolute atomic E-state index is 2.51. The molecule has 2 aliphatic carbocycles. The van der Waals surface area contributed by atoms with Gasteiger partial charge in [0.05, 0.1) is 11.4 Å². The molecule has 12 aromatic carbocycles. The van der Waals surface area contributed by atoms with Gasteiger partial charge in [0.2, 0.25) is 0 Å². The highest BCUT2D eigenvalue weighted by atomic mass is 15.2. The fourth-order valence-electron chi connectivity index (χ4n) is 13.5. The number of aryl methyl sites for hydroxylation is 2. The SMILES string of the molecule is Cc1ccc(/C=C/c2ccc(N(c3ccc(C=C4CCCCC4)cc3)c3c4ccccc4c(-c4c5ccccc5c(N(c5ccc(C=C6CCCCC6)cc5)c5ccc(/C=C/c6ccc(C)cc6)cc5)c5ccccc45)c4ccccc34)cc2)cc1. The molecule has 0 amide bonds. The van der Waals surface area contributed by atoms with E-state index in [-0.39, 0.29) is 0 Å². The van der Waals surface area contributed by atoms with Gasteiger partial charge in [0, 0.05) is 44.3 Å². The summed E-state index contributed by atoms with van der Waals surface area (Å²) in [5.41, 5.74) is 22.1. The monoisotopic (exact) mass is 1110 g/mol. The minimum Gasteiger partial charge on any atom is -0.309 e. The molecule has 0 saturated heterocycles. The average molecular weight is 1110 g/mol. The molecule has 0 bridgehead atoms. The normalized spacial score (nSPS) is 13.8. The molecule has 0 aliphatic heterocycles. The predicted octanol–water partition coefficient (Wildman–Crippen LogP) is 24.6. The number of nitrogens with zero attached hydrogens (tertiary/aromatic N) is 2. The van der Waals surface area contributed by atoms with Crippen LogP contribution in [0.3, 0.4) is 0 Å². The third kappa shape index (κ3) is 11.2. The maximum Gasteiger partial charge on any atom is 0.0618 e. The van der Waals surface area contributed by atoms with Crippen molar-refractivity contribution in [3.8, 4) is 11.1 Å². The van der Waals surface area contributed by atoms with Gasteiger partial charge in [0.15, 0.2) is 0 Å². The molecule has 14 rings (SSSR count). The van der Waals surface area contributed by atoms with Gasteiger partial charge in [-0.15, -0.1) is 0 Å². The van der Waals surface area contributed by atoms with Crippen molar-refractivity contribution in [2.75, 3.05) is 9.80 Å². The highest BCUT2D eigenvalue weighted by Crippen LogP contribution is 2.54. The van der Waals surface area contributed by atoms with Gasteiger partial charge in [-0.3, -0.25) is 0 Å². The number of hydrogen-bond donors (Lipinski definition) is 0. The largest absolute Gasteiger partial charge is 0.309 e. The van der Waals surface area contributed by atoms with Crippen molar-refractivity contribution in [3.05, 3.63) is 298 Å². The van der Waals surface area contributed by atoms with Gasteiger partial charge >= 0.3 is 0 Å². The lowest BCUT2D eigenvalue weighted by Gasteiger charge is -2.31. The van der Waals surface area contributed by atoms with Crippen LogP contribution in [0.4, 0.5) is 34.1 Å². The molecule has 86 heavy (non-hydrogen) atoms. The van der Waals surface area contributed by atoms with E-state index in [1.807, 2.05) is 0 Å². The van der Waals surface area contributed by atoms with Crippen LogP contribution in [0.15, 0.2) is 254 Å². The minimum absolute atomic E-state index is 1.10. The topological polar surface area (TPSA) is 6.48 Å². The van der Waals surface area contributed by atoms with Gasteiger partial charge in [-0.05, 0) is 180 Å². The highest BCUT2D eigenvalue weighted by molar-refractivity contribution is 6.30. The fourth-order valence-corrected chi connectivity index (χ4v) is 13.5. The Hall–Kier alpha value is -9.76. The molecule has 2 nitrogen and oxygen atoms in total. The molecule has 0 aromatic heterocycles. The van der Waals surface area contributed by atoms with E-state index in [1.165, 1.54) is 152 Å². The van der Waals surface area contributed by atoms with Crippen LogP contribution in [0.1, 0.15) is 109 Å². The highest BCUT2D eigenvalue weighted by Gasteiger charge is 2.27. The first-order valence-electron chi connectivity index (χ1n) is 31.2. The van der Waals surface area contributed by atoms with E-state index < -0.39 is 0 Å². The summed E-state index contributed by atoms with van der Waals surface area (Å²) in [6.45, 7) is 4.28. The van der Waals surface area contributed by atoms with E-state index in [0.717, 1.165) is 45.3 Å². The molecular formula is C84H72N2. The zero-order chi connectivity index (χ0) is 57.8. The lowest BCUT2D eigenvalue weighted by atomic mass is 9.84. The first-order valence-corrected chi connectivity index (χ1v) is 31.2. The molecule has 418 valence electrons. The van der Waals surface area contributed by atoms with E-state index in [9.17, 15) is 0 Å². The Labute approximate surface area is 508 Å². The number of hydrogen-bond acceptors (Lipinski definition) is 2. The van der Waals surface area contributed by atoms with Crippen molar-refractivity contribution in [3.63, 3.8) is 0 Å². The second-order valence-electron chi connectivity index (χ2n) is 23.9. The third-order valence-electron chi connectivity index (χ3n) is 17.9. The second kappa shape index (κ2) is 24.4. The standard InChI is InChI=1S/C84H72N2/c1-59-29-33-61(34-30-59)37-39-63-41-49-69(50-42-63)85(71-53-45-67(46-54-71)57-65-17-5-3-6-18-65)83-77-25-13-9-21-73(77)81(74-22-10-14-26-78(74)83)82-75-23-11-15-27-79(75)84(80-28-16-12-24-76(80)82)86(72-55-47-68(48-56-72)58-66-19-7-4-8-20-66)70-51-43-64(44-52-70)40-38-62-35-31-60(2)32-36-62/h9-16,21-58H,3-8,17-20H2,1-2H3/b39-37+,40-38+. The average Bonchev–Trinajstić information content (AvgIpc) is 0.832. The molecule has 2 saturated carbocycles. The Morgan fingerprint density at radius 1 is 0.244 bits per heavy atom. The van der Waals surface area contributed by atoms with Crippen LogP contribution >= 0.6 is 0 Å². The van der Waals surface area contributed by atoms with Crippen molar-refractivity contribution in [1.29, 1.82) is 0 Å². The summed E-state index contributed by atoms with van der Waals surface area (Å²) >= 11 is 0. The smallest absolute Gasteiger partial charge is 0.0618 e. The Balaban J connectivity index is 0.954. The van der Waals surface area contributed by atoms with Crippen molar-refractivity contribution in [1.82, 2.24) is 0 Å². The molecule has 2 aliphatic rings. The van der Waals surface area contributed by atoms with E-state index in [4.69, 9.17) is 0 Å². The lowest BCUT2D eigenvalue weighted by molar-refractivity contribution is 0.602. The lowest BCUT2D eigenvalue weighted by Crippen LogP contribution is -2.12. The molecule has 0 spiro atoms. The van der Waals surface area contributed by atoms with Gasteiger partial charge in [-0.2, -0.15) is 0 Å². The van der Waals surface area contributed by atoms with Crippen LogP contribution in [0.2, 0.25) is 0 Å². The van der Waals surface area contributed by atoms with Crippen LogP contribution in [-0.4, -0.2) is 0 Å². The van der Waals surface area contributed by atoms with Gasteiger partial charge in [0.1, 0.15) is 0 Å². The second-order valence-corrected chi connectivity index (χ2v) is 23.9. The Kier molecular flexibility index (Phi) is 15.4. The maximum atomic E-state index is 2.51. The minimum atomic E-state index is 1.10. The van der Waals surface area contributed by atoms with Crippen molar-refractivity contribution < 1.29 is 0 Å². The van der Waals surface area contributed by atoms with E-state index in [0.29, 0.717) is 0 Å². The summed E-state index contributed by atoms with van der Waals surface area (Å²) in [5, 5.41) is 9.60. The van der Waals surface area contributed by atoms with E-state index in [1.54, 1.807) is 11.1 Å². The van der Waals surface area contributed by atoms with E-state index in [2.05, 4.69) is 303 Å². The van der Waals surface area contributed by atoms with Crippen LogP contribution in [0, 0.1) is 13.8 Å². The van der Waals surface area contributed by atoms with Gasteiger partial charge in [-0.25, -0.2) is 0 Å². The predicted molar refractivity (Wildman–Crippen MR) is 374 cm³/mol. The molecule has 2 fully saturated rings. The van der Waals surface area contributed by atoms with Crippen LogP contribution in [0.5, 0.6) is 0 Å². The number of rotatable bonds is 13. The van der Waals surface area contributed by atoms with Crippen molar-refractivity contribution in [2.45, 2.75) is 78.1 Å². The first-order chi connectivity index (χ1) is 42.5. The van der Waals surface area contributed by atoms with E-state index >= 15 is 0 Å². The van der Waals surface area contributed by atoms with Gasteiger partial charge < -0.3 is 9.80 Å². The third-order valence-corrected chi connectivity index (χ3v) is 17.9. The summed E-state index contributed by atoms with van der Waals surface area (Å²) in [7, 11) is 0. The van der Waals surface area contributed by atoms with Gasteiger partial charge in [0.25, 0.3) is 0 Å². The summed E-state index contributed by atoms with van der Waals surface area (Å²) in [5.74, 6) is 0. The molecule has 0 N–H and O–H groups in total. The summed E-state index contributed by atoms with van der Waals surface area (Å²) < 4.78 is 0. The van der Waals surface area contributed by atoms with Crippen LogP contribution in [-0.2, 0) is 0 Å². The Bertz CT molecular complexity index is 4110. The van der Waals surface area contributed by atoms with Crippen molar-refractivity contribution >= 4 is 114 Å². The number of anilines is 6. The van der Waals surface area contributed by atoms with Gasteiger partial charge in [-0.1, -0.05) is 266 Å².